The molecule has 10 nitrogen and oxygen atoms in total. The number of hydrogen-bond donors (Lipinski definition) is 4. The van der Waals surface area contributed by atoms with E-state index in [9.17, 15) is 22.8 Å². The van der Waals surface area contributed by atoms with Crippen molar-refractivity contribution < 1.29 is 27.5 Å². The minimum atomic E-state index is -4.03. The van der Waals surface area contributed by atoms with Crippen molar-refractivity contribution in [3.8, 4) is 5.75 Å². The molecule has 3 aromatic rings. The van der Waals surface area contributed by atoms with Crippen LogP contribution in [0.1, 0.15) is 49.4 Å². The van der Waals surface area contributed by atoms with Crippen molar-refractivity contribution in [2.45, 2.75) is 25.7 Å². The van der Waals surface area contributed by atoms with E-state index < -0.39 is 21.8 Å². The van der Waals surface area contributed by atoms with E-state index in [1.54, 1.807) is 38.1 Å². The molecule has 0 bridgehead atoms. The highest BCUT2D eigenvalue weighted by Crippen LogP contribution is 2.26. The predicted molar refractivity (Wildman–Crippen MR) is 125 cm³/mol. The highest BCUT2D eigenvalue weighted by molar-refractivity contribution is 7.92. The van der Waals surface area contributed by atoms with Crippen LogP contribution in [0.5, 0.6) is 5.75 Å². The fourth-order valence-corrected chi connectivity index (χ4v) is 4.61. The van der Waals surface area contributed by atoms with Gasteiger partial charge in [0.15, 0.2) is 5.78 Å². The van der Waals surface area contributed by atoms with Crippen LogP contribution in [0, 0.1) is 13.8 Å². The number of benzene rings is 2. The Morgan fingerprint density at radius 3 is 2.26 bits per heavy atom. The molecule has 0 atom stereocenters. The maximum Gasteiger partial charge on any atom is 0.286 e. The number of hydrazine groups is 1. The number of methoxy groups -OCH3 is 1. The number of hydrogen-bond acceptors (Lipinski definition) is 6. The number of Topliss-reactive ketones (excluding diaryl/α,β-unsaturated/α-hetero) is 1. The molecule has 2 aromatic carbocycles. The third-order valence-electron chi connectivity index (χ3n) is 5.06. The second-order valence-electron chi connectivity index (χ2n) is 7.42. The molecule has 178 valence electrons. The van der Waals surface area contributed by atoms with Crippen LogP contribution in [0.2, 0.25) is 0 Å². The summed E-state index contributed by atoms with van der Waals surface area (Å²) < 4.78 is 33.2. The molecule has 0 aliphatic heterocycles. The van der Waals surface area contributed by atoms with Crippen molar-refractivity contribution >= 4 is 33.3 Å². The molecule has 0 spiro atoms. The Balaban J connectivity index is 1.74. The average Bonchev–Trinajstić information content (AvgIpc) is 3.11. The van der Waals surface area contributed by atoms with Crippen LogP contribution in [0.15, 0.2) is 53.4 Å². The molecule has 3 rings (SSSR count). The lowest BCUT2D eigenvalue weighted by Crippen LogP contribution is -2.42. The third kappa shape index (κ3) is 5.09. The Bertz CT molecular complexity index is 1380. The summed E-state index contributed by atoms with van der Waals surface area (Å²) in [4.78, 5) is 39.5. The number of para-hydroxylation sites is 2. The molecule has 0 unspecified atom stereocenters. The summed E-state index contributed by atoms with van der Waals surface area (Å²) in [5.41, 5.74) is 6.33. The fraction of sp³-hybridized carbons (Fsp3) is 0.174. The first-order valence-electron chi connectivity index (χ1n) is 10.1. The van der Waals surface area contributed by atoms with E-state index in [-0.39, 0.29) is 27.6 Å². The lowest BCUT2D eigenvalue weighted by Gasteiger charge is -2.12. The Morgan fingerprint density at radius 2 is 1.62 bits per heavy atom. The lowest BCUT2D eigenvalue weighted by molar-refractivity contribution is 0.0843. The Kier molecular flexibility index (Phi) is 7.06. The zero-order chi connectivity index (χ0) is 25.0. The van der Waals surface area contributed by atoms with Gasteiger partial charge in [-0.2, -0.15) is 0 Å². The third-order valence-corrected chi connectivity index (χ3v) is 6.43. The summed E-state index contributed by atoms with van der Waals surface area (Å²) in [6, 6.07) is 11.8. The summed E-state index contributed by atoms with van der Waals surface area (Å²) in [7, 11) is -2.61. The zero-order valence-corrected chi connectivity index (χ0v) is 19.8. The highest BCUT2D eigenvalue weighted by Gasteiger charge is 2.21. The van der Waals surface area contributed by atoms with Gasteiger partial charge in [-0.05, 0) is 56.7 Å². The molecular weight excluding hydrogens is 460 g/mol. The van der Waals surface area contributed by atoms with E-state index in [4.69, 9.17) is 4.74 Å². The van der Waals surface area contributed by atoms with Crippen molar-refractivity contribution in [2.24, 2.45) is 0 Å². The summed E-state index contributed by atoms with van der Waals surface area (Å²) in [5.74, 6) is -1.22. The number of aryl methyl sites for hydroxylation is 1. The molecule has 0 aliphatic rings. The molecule has 1 heterocycles. The van der Waals surface area contributed by atoms with Gasteiger partial charge in [-0.15, -0.1) is 0 Å². The molecule has 4 N–H and O–H groups in total. The maximum absolute atomic E-state index is 12.8. The van der Waals surface area contributed by atoms with E-state index in [0.29, 0.717) is 22.6 Å². The first-order valence-corrected chi connectivity index (χ1v) is 11.6. The van der Waals surface area contributed by atoms with Gasteiger partial charge in [-0.1, -0.05) is 18.2 Å². The number of aromatic nitrogens is 1. The molecule has 2 amide bonds. The molecule has 0 saturated carbocycles. The normalized spacial score (nSPS) is 10.9. The predicted octanol–water partition coefficient (Wildman–Crippen LogP) is 2.72. The second-order valence-corrected chi connectivity index (χ2v) is 9.11. The van der Waals surface area contributed by atoms with Crippen LogP contribution in [0.4, 0.5) is 5.69 Å². The van der Waals surface area contributed by atoms with Crippen LogP contribution in [-0.4, -0.2) is 38.1 Å². The van der Waals surface area contributed by atoms with Crippen molar-refractivity contribution in [3.05, 3.63) is 76.6 Å². The first-order chi connectivity index (χ1) is 16.0. The largest absolute Gasteiger partial charge is 0.495 e. The summed E-state index contributed by atoms with van der Waals surface area (Å²) in [6.07, 6.45) is 0. The smallest absolute Gasteiger partial charge is 0.286 e. The monoisotopic (exact) mass is 484 g/mol. The van der Waals surface area contributed by atoms with Gasteiger partial charge in [0.2, 0.25) is 0 Å². The number of ether oxygens (including phenoxy) is 1. The van der Waals surface area contributed by atoms with E-state index >= 15 is 0 Å². The number of sulfonamides is 1. The summed E-state index contributed by atoms with van der Waals surface area (Å²) >= 11 is 0. The summed E-state index contributed by atoms with van der Waals surface area (Å²) in [5, 5.41) is 0. The molecular formula is C23H24N4O6S. The van der Waals surface area contributed by atoms with Crippen LogP contribution >= 0.6 is 0 Å². The van der Waals surface area contributed by atoms with Crippen molar-refractivity contribution in [1.29, 1.82) is 0 Å². The van der Waals surface area contributed by atoms with Gasteiger partial charge in [-0.25, -0.2) is 8.42 Å². The number of carbonyl (C=O) groups excluding carboxylic acids is 3. The van der Waals surface area contributed by atoms with Crippen LogP contribution < -0.4 is 20.3 Å². The second kappa shape index (κ2) is 9.79. The number of anilines is 1. The van der Waals surface area contributed by atoms with Gasteiger partial charge in [-0.3, -0.25) is 30.0 Å². The number of amides is 2. The van der Waals surface area contributed by atoms with Crippen LogP contribution in [0.3, 0.4) is 0 Å². The van der Waals surface area contributed by atoms with Crippen LogP contribution in [-0.2, 0) is 10.0 Å². The van der Waals surface area contributed by atoms with Gasteiger partial charge in [0.25, 0.3) is 21.8 Å². The molecule has 0 fully saturated rings. The molecule has 0 aliphatic carbocycles. The number of rotatable bonds is 7. The fourth-order valence-electron chi connectivity index (χ4n) is 3.49. The zero-order valence-electron chi connectivity index (χ0n) is 19.0. The number of ketones is 1. The topological polar surface area (TPSA) is 146 Å². The van der Waals surface area contributed by atoms with Gasteiger partial charge in [0.05, 0.1) is 17.7 Å². The molecule has 0 saturated heterocycles. The van der Waals surface area contributed by atoms with E-state index in [2.05, 4.69) is 20.6 Å². The van der Waals surface area contributed by atoms with Crippen molar-refractivity contribution in [1.82, 2.24) is 15.8 Å². The Morgan fingerprint density at radius 1 is 0.941 bits per heavy atom. The van der Waals surface area contributed by atoms with Crippen molar-refractivity contribution in [3.63, 3.8) is 0 Å². The molecule has 0 radical (unpaired) electrons. The van der Waals surface area contributed by atoms with Crippen LogP contribution in [0.25, 0.3) is 0 Å². The Labute approximate surface area is 196 Å². The summed E-state index contributed by atoms with van der Waals surface area (Å²) in [6.45, 7) is 4.69. The highest BCUT2D eigenvalue weighted by atomic mass is 32.2. The van der Waals surface area contributed by atoms with Gasteiger partial charge >= 0.3 is 0 Å². The standard InChI is InChI=1S/C23H24N4O6S/c1-13-20(15(3)28)14(2)24-21(13)23(30)26-25-22(29)16-8-7-9-17(12-16)34(31,32)27-18-10-5-6-11-19(18)33-4/h5-12,24,27H,1-4H3,(H,25,29)(H,26,30). The minimum absolute atomic E-state index is 0.00650. The number of aromatic amines is 1. The molecule has 11 heteroatoms. The van der Waals surface area contributed by atoms with Gasteiger partial charge in [0, 0.05) is 16.8 Å². The first kappa shape index (κ1) is 24.5. The number of carbonyl (C=O) groups is 3. The quantitative estimate of drug-likeness (QED) is 0.300. The Hall–Kier alpha value is -4.12. The van der Waals surface area contributed by atoms with Crippen molar-refractivity contribution in [2.75, 3.05) is 11.8 Å². The SMILES string of the molecule is COc1ccccc1NS(=O)(=O)c1cccc(C(=O)NNC(=O)c2[nH]c(C)c(C(C)=O)c2C)c1. The lowest BCUT2D eigenvalue weighted by atomic mass is 10.1. The molecule has 34 heavy (non-hydrogen) atoms. The number of nitrogens with one attached hydrogen (secondary N) is 4. The van der Waals surface area contributed by atoms with E-state index in [0.717, 1.165) is 0 Å². The van der Waals surface area contributed by atoms with E-state index in [1.807, 2.05) is 0 Å². The van der Waals surface area contributed by atoms with E-state index in [1.165, 1.54) is 38.3 Å². The average molecular weight is 485 g/mol. The maximum atomic E-state index is 12.8. The van der Waals surface area contributed by atoms with Gasteiger partial charge in [0.1, 0.15) is 11.4 Å². The number of H-pyrrole nitrogens is 1. The van der Waals surface area contributed by atoms with Gasteiger partial charge < -0.3 is 9.72 Å². The molecule has 1 aromatic heterocycles. The minimum Gasteiger partial charge on any atom is -0.495 e.